The Hall–Kier alpha value is 1.15. The molecule has 0 heterocycles. The Morgan fingerprint density at radius 3 is 1.00 bits per heavy atom. The molecule has 0 bridgehead atoms. The molecule has 0 aromatic rings. The van der Waals surface area contributed by atoms with Crippen molar-refractivity contribution in [2.75, 3.05) is 6.26 Å². The van der Waals surface area contributed by atoms with Crippen LogP contribution < -0.4 is 0 Å². The molecular weight excluding hydrogens is 199 g/mol. The van der Waals surface area contributed by atoms with Crippen molar-refractivity contribution in [3.63, 3.8) is 0 Å². The Morgan fingerprint density at radius 2 is 1.00 bits per heavy atom. The Balaban J connectivity index is 0. The number of rotatable bonds is 0. The molecule has 0 amide bonds. The molecule has 0 N–H and O–H groups in total. The van der Waals surface area contributed by atoms with E-state index in [1.165, 1.54) is 0 Å². The quantitative estimate of drug-likeness (QED) is 0.432. The number of hydrogen-bond donors (Lipinski definition) is 0. The summed E-state index contributed by atoms with van der Waals surface area (Å²) in [5.41, 5.74) is 0. The second-order valence-corrected chi connectivity index (χ2v) is 10.1. The fourth-order valence-corrected chi connectivity index (χ4v) is 0. The van der Waals surface area contributed by atoms with E-state index < -0.39 is 19.8 Å². The predicted octanol–water partition coefficient (Wildman–Crippen LogP) is 1.53. The van der Waals surface area contributed by atoms with E-state index in [1.54, 1.807) is 6.26 Å². The molecule has 0 aliphatic rings. The molecule has 0 unspecified atom stereocenters. The van der Waals surface area contributed by atoms with Crippen LogP contribution in [0.1, 0.15) is 0 Å². The summed E-state index contributed by atoms with van der Waals surface area (Å²) in [6.45, 7) is 0. The van der Waals surface area contributed by atoms with Crippen molar-refractivity contribution in [2.45, 2.75) is 14.8 Å². The van der Waals surface area contributed by atoms with Gasteiger partial charge in [-0.1, -0.05) is 0 Å². The van der Waals surface area contributed by atoms with Crippen LogP contribution in [0.25, 0.3) is 0 Å². The van der Waals surface area contributed by atoms with Crippen LogP contribution >= 0.6 is 0 Å². The molecule has 0 aromatic carbocycles. The van der Waals surface area contributed by atoms with Crippen molar-refractivity contribution < 1.29 is 0 Å². The molecule has 0 aliphatic carbocycles. The SMILES string of the molecule is C[S-].[CH3][Sn+]([CH3])[CH3]. The minimum absolute atomic E-state index is 0.543. The van der Waals surface area contributed by atoms with Gasteiger partial charge in [0.05, 0.1) is 0 Å². The van der Waals surface area contributed by atoms with Crippen molar-refractivity contribution in [1.29, 1.82) is 0 Å². The fraction of sp³-hybridized carbons (Fsp3) is 1.00. The zero-order valence-electron chi connectivity index (χ0n) is 4.91. The summed E-state index contributed by atoms with van der Waals surface area (Å²) in [6, 6.07) is 0. The van der Waals surface area contributed by atoms with Gasteiger partial charge in [0.25, 0.3) is 0 Å². The summed E-state index contributed by atoms with van der Waals surface area (Å²) < 4.78 is 0. The Labute approximate surface area is 53.5 Å². The van der Waals surface area contributed by atoms with E-state index >= 15 is 0 Å². The first-order chi connectivity index (χ1) is 2.73. The molecule has 0 atom stereocenters. The third kappa shape index (κ3) is 67.2. The summed E-state index contributed by atoms with van der Waals surface area (Å²) in [5, 5.41) is 0. The molecule has 0 rings (SSSR count). The Bertz CT molecular complexity index is 12.3. The van der Waals surface area contributed by atoms with E-state index in [-0.39, 0.29) is 0 Å². The maximum atomic E-state index is 4.08. The molecule has 0 saturated carbocycles. The van der Waals surface area contributed by atoms with Gasteiger partial charge in [-0.2, -0.15) is 6.26 Å². The molecule has 0 saturated heterocycles. The van der Waals surface area contributed by atoms with Crippen molar-refractivity contribution in [3.05, 3.63) is 0 Å². The van der Waals surface area contributed by atoms with Crippen LogP contribution in [-0.4, -0.2) is 26.0 Å². The molecule has 0 aromatic heterocycles. The Kier molecular flexibility index (Phi) is 16.1. The van der Waals surface area contributed by atoms with Gasteiger partial charge in [0, 0.05) is 0 Å². The van der Waals surface area contributed by atoms with E-state index in [1.807, 2.05) is 0 Å². The van der Waals surface area contributed by atoms with E-state index in [2.05, 4.69) is 27.4 Å². The molecule has 0 nitrogen and oxygen atoms in total. The average Bonchev–Trinajstić information content (AvgIpc) is 1.41. The first-order valence-electron chi connectivity index (χ1n) is 1.91. The first-order valence-corrected chi connectivity index (χ1v) is 11.3. The van der Waals surface area contributed by atoms with Gasteiger partial charge in [-0.3, -0.25) is 0 Å². The summed E-state index contributed by atoms with van der Waals surface area (Å²) in [6.07, 6.45) is 1.58. The molecule has 38 valence electrons. The molecule has 0 radical (unpaired) electrons. The topological polar surface area (TPSA) is 0 Å². The van der Waals surface area contributed by atoms with E-state index in [0.29, 0.717) is 0 Å². The van der Waals surface area contributed by atoms with Gasteiger partial charge in [0.1, 0.15) is 0 Å². The van der Waals surface area contributed by atoms with Gasteiger partial charge >= 0.3 is 34.6 Å². The van der Waals surface area contributed by atoms with Gasteiger partial charge in [0.15, 0.2) is 0 Å². The van der Waals surface area contributed by atoms with Crippen LogP contribution in [0.2, 0.25) is 14.8 Å². The third-order valence-corrected chi connectivity index (χ3v) is 0. The summed E-state index contributed by atoms with van der Waals surface area (Å²) >= 11 is 3.54. The van der Waals surface area contributed by atoms with E-state index in [4.69, 9.17) is 0 Å². The zero-order chi connectivity index (χ0) is 5.58. The van der Waals surface area contributed by atoms with Crippen molar-refractivity contribution in [3.8, 4) is 0 Å². The van der Waals surface area contributed by atoms with Crippen molar-refractivity contribution >= 4 is 32.4 Å². The summed E-state index contributed by atoms with van der Waals surface area (Å²) in [7, 11) is 0. The van der Waals surface area contributed by atoms with Crippen LogP contribution in [0.5, 0.6) is 0 Å². The average molecular weight is 211 g/mol. The molecule has 0 aliphatic heterocycles. The number of hydrogen-bond acceptors (Lipinski definition) is 1. The molecular formula is C4H12SSn. The summed E-state index contributed by atoms with van der Waals surface area (Å²) in [4.78, 5) is 7.09. The second kappa shape index (κ2) is 9.47. The van der Waals surface area contributed by atoms with Crippen LogP contribution in [0.3, 0.4) is 0 Å². The van der Waals surface area contributed by atoms with Crippen molar-refractivity contribution in [2.24, 2.45) is 0 Å². The van der Waals surface area contributed by atoms with E-state index in [9.17, 15) is 0 Å². The van der Waals surface area contributed by atoms with Crippen LogP contribution in [0.15, 0.2) is 0 Å². The van der Waals surface area contributed by atoms with Crippen LogP contribution in [-0.2, 0) is 12.6 Å². The monoisotopic (exact) mass is 212 g/mol. The van der Waals surface area contributed by atoms with Gasteiger partial charge in [-0.25, -0.2) is 0 Å². The normalized spacial score (nSPS) is 5.50. The van der Waals surface area contributed by atoms with Gasteiger partial charge in [-0.05, 0) is 0 Å². The molecule has 6 heavy (non-hydrogen) atoms. The van der Waals surface area contributed by atoms with Crippen molar-refractivity contribution in [1.82, 2.24) is 0 Å². The zero-order valence-corrected chi connectivity index (χ0v) is 8.58. The molecule has 0 spiro atoms. The maximum absolute atomic E-state index is 4.08. The van der Waals surface area contributed by atoms with Crippen LogP contribution in [0.4, 0.5) is 0 Å². The minimum atomic E-state index is -0.543. The van der Waals surface area contributed by atoms with Gasteiger partial charge in [-0.15, -0.1) is 0 Å². The fourth-order valence-electron chi connectivity index (χ4n) is 0. The molecule has 2 heteroatoms. The third-order valence-electron chi connectivity index (χ3n) is 0. The van der Waals surface area contributed by atoms with Crippen LogP contribution in [0, 0.1) is 0 Å². The predicted molar refractivity (Wildman–Crippen MR) is 36.6 cm³/mol. The second-order valence-electron chi connectivity index (χ2n) is 1.50. The standard InChI is InChI=1S/CH4S.3CH3.Sn/c1-2;;;;/h2H,1H3;3*1H3;/q;;;;+1/p-1. The van der Waals surface area contributed by atoms with E-state index in [0.717, 1.165) is 0 Å². The Morgan fingerprint density at radius 1 is 1.00 bits per heavy atom. The van der Waals surface area contributed by atoms with Gasteiger partial charge < -0.3 is 12.6 Å². The molecule has 0 fully saturated rings. The summed E-state index contributed by atoms with van der Waals surface area (Å²) in [5.74, 6) is 0. The first kappa shape index (κ1) is 10.2. The van der Waals surface area contributed by atoms with Gasteiger partial charge in [0.2, 0.25) is 0 Å².